The van der Waals surface area contributed by atoms with Gasteiger partial charge in [-0.15, -0.1) is 5.10 Å². The smallest absolute Gasteiger partial charge is 0.220 e. The van der Waals surface area contributed by atoms with E-state index in [1.165, 1.54) is 24.0 Å². The third-order valence-corrected chi connectivity index (χ3v) is 6.20. The van der Waals surface area contributed by atoms with Gasteiger partial charge in [0.15, 0.2) is 5.82 Å². The molecule has 0 saturated carbocycles. The fourth-order valence-corrected chi connectivity index (χ4v) is 4.26. The number of hydrogen-bond donors (Lipinski definition) is 1. The van der Waals surface area contributed by atoms with Crippen molar-refractivity contribution in [2.24, 2.45) is 5.92 Å². The molecule has 8 heteroatoms. The van der Waals surface area contributed by atoms with E-state index in [1.807, 2.05) is 10.7 Å². The number of carbonyl (C=O) groups is 1. The maximum Gasteiger partial charge on any atom is 0.220 e. The molecule has 0 spiro atoms. The minimum Gasteiger partial charge on any atom is -0.371 e. The number of nitrogens with zero attached hydrogens (tertiary/aromatic N) is 5. The van der Waals surface area contributed by atoms with Gasteiger partial charge in [-0.25, -0.2) is 4.68 Å². The van der Waals surface area contributed by atoms with E-state index in [2.05, 4.69) is 50.9 Å². The number of aryl methyl sites for hydroxylation is 1. The third kappa shape index (κ3) is 5.43. The second-order valence-corrected chi connectivity index (χ2v) is 8.49. The van der Waals surface area contributed by atoms with Gasteiger partial charge in [-0.1, -0.05) is 31.2 Å². The van der Waals surface area contributed by atoms with Gasteiger partial charge < -0.3 is 10.1 Å². The highest BCUT2D eigenvalue weighted by Crippen LogP contribution is 2.26. The maximum absolute atomic E-state index is 12.3. The summed E-state index contributed by atoms with van der Waals surface area (Å²) in [6.07, 6.45) is 4.51. The molecule has 30 heavy (non-hydrogen) atoms. The summed E-state index contributed by atoms with van der Waals surface area (Å²) in [6, 6.07) is 8.31. The second kappa shape index (κ2) is 10.1. The van der Waals surface area contributed by atoms with Gasteiger partial charge in [0.2, 0.25) is 5.91 Å². The molecule has 0 bridgehead atoms. The zero-order chi connectivity index (χ0) is 20.8. The van der Waals surface area contributed by atoms with Gasteiger partial charge in [-0.3, -0.25) is 9.69 Å². The van der Waals surface area contributed by atoms with E-state index in [-0.39, 0.29) is 12.0 Å². The number of amides is 1. The summed E-state index contributed by atoms with van der Waals surface area (Å²) >= 11 is 0. The molecular weight excluding hydrogens is 380 g/mol. The number of fused-ring (bicyclic) bond motifs is 1. The van der Waals surface area contributed by atoms with Crippen LogP contribution in [-0.2, 0) is 29.0 Å². The summed E-state index contributed by atoms with van der Waals surface area (Å²) in [6.45, 7) is 7.17. The van der Waals surface area contributed by atoms with Crippen LogP contribution in [0.5, 0.6) is 0 Å². The number of benzene rings is 1. The summed E-state index contributed by atoms with van der Waals surface area (Å²) in [7, 11) is 0. The van der Waals surface area contributed by atoms with E-state index in [0.717, 1.165) is 37.8 Å². The largest absolute Gasteiger partial charge is 0.371 e. The van der Waals surface area contributed by atoms with Crippen molar-refractivity contribution in [1.82, 2.24) is 30.4 Å². The SMILES string of the molecule is CC1CCN(Cc2nnnn2CCCC(=O)NC[C@H]2OCCc3ccccc32)CC1. The van der Waals surface area contributed by atoms with Gasteiger partial charge in [0.1, 0.15) is 6.10 Å². The van der Waals surface area contributed by atoms with E-state index < -0.39 is 0 Å². The van der Waals surface area contributed by atoms with Crippen LogP contribution < -0.4 is 5.32 Å². The van der Waals surface area contributed by atoms with E-state index in [9.17, 15) is 4.79 Å². The number of tetrazole rings is 1. The zero-order valence-electron chi connectivity index (χ0n) is 17.8. The molecule has 0 aliphatic carbocycles. The molecule has 2 aromatic rings. The molecule has 1 saturated heterocycles. The fourth-order valence-electron chi connectivity index (χ4n) is 4.26. The minimum atomic E-state index is -0.0581. The molecule has 0 radical (unpaired) electrons. The molecule has 1 aromatic carbocycles. The molecule has 1 N–H and O–H groups in total. The lowest BCUT2D eigenvalue weighted by atomic mass is 9.97. The van der Waals surface area contributed by atoms with Crippen molar-refractivity contribution in [3.8, 4) is 0 Å². The molecule has 1 atom stereocenters. The third-order valence-electron chi connectivity index (χ3n) is 6.20. The van der Waals surface area contributed by atoms with Crippen molar-refractivity contribution >= 4 is 5.91 Å². The van der Waals surface area contributed by atoms with Crippen LogP contribution >= 0.6 is 0 Å². The van der Waals surface area contributed by atoms with Crippen LogP contribution in [0.25, 0.3) is 0 Å². The molecule has 0 unspecified atom stereocenters. The maximum atomic E-state index is 12.3. The summed E-state index contributed by atoms with van der Waals surface area (Å²) in [5.74, 6) is 1.74. The molecule has 2 aliphatic heterocycles. The topological polar surface area (TPSA) is 85.2 Å². The summed E-state index contributed by atoms with van der Waals surface area (Å²) in [5, 5.41) is 15.2. The lowest BCUT2D eigenvalue weighted by Gasteiger charge is -2.29. The van der Waals surface area contributed by atoms with Crippen molar-refractivity contribution in [1.29, 1.82) is 0 Å². The van der Waals surface area contributed by atoms with Gasteiger partial charge >= 0.3 is 0 Å². The number of ether oxygens (including phenoxy) is 1. The van der Waals surface area contributed by atoms with Crippen LogP contribution in [0.1, 0.15) is 55.7 Å². The van der Waals surface area contributed by atoms with Crippen molar-refractivity contribution < 1.29 is 9.53 Å². The Labute approximate surface area is 178 Å². The summed E-state index contributed by atoms with van der Waals surface area (Å²) in [5.41, 5.74) is 2.51. The van der Waals surface area contributed by atoms with E-state index in [4.69, 9.17) is 4.74 Å². The number of carbonyl (C=O) groups excluding carboxylic acids is 1. The quantitative estimate of drug-likeness (QED) is 0.715. The summed E-state index contributed by atoms with van der Waals surface area (Å²) in [4.78, 5) is 14.7. The molecular formula is C22H32N6O2. The highest BCUT2D eigenvalue weighted by atomic mass is 16.5. The average Bonchev–Trinajstić information content (AvgIpc) is 3.20. The van der Waals surface area contributed by atoms with Gasteiger partial charge in [0, 0.05) is 19.5 Å². The fraction of sp³-hybridized carbons (Fsp3) is 0.636. The van der Waals surface area contributed by atoms with Crippen LogP contribution in [0.15, 0.2) is 24.3 Å². The van der Waals surface area contributed by atoms with Gasteiger partial charge in [0.25, 0.3) is 0 Å². The first-order valence-electron chi connectivity index (χ1n) is 11.1. The molecule has 4 rings (SSSR count). The van der Waals surface area contributed by atoms with Gasteiger partial charge in [-0.05, 0) is 66.2 Å². The molecule has 1 fully saturated rings. The number of piperidine rings is 1. The van der Waals surface area contributed by atoms with Crippen molar-refractivity contribution in [2.45, 2.75) is 58.2 Å². The molecule has 3 heterocycles. The standard InChI is InChI=1S/C22H32N6O2/c1-17-8-12-27(13-9-17)16-21-24-25-26-28(21)11-4-7-22(29)23-15-20-19-6-3-2-5-18(19)10-14-30-20/h2-3,5-6,17,20H,4,7-16H2,1H3,(H,23,29)/t20-/m1/s1. The first-order chi connectivity index (χ1) is 14.7. The van der Waals surface area contributed by atoms with E-state index in [0.29, 0.717) is 32.5 Å². The van der Waals surface area contributed by atoms with E-state index in [1.54, 1.807) is 0 Å². The Morgan fingerprint density at radius 3 is 2.97 bits per heavy atom. The molecule has 162 valence electrons. The Morgan fingerprint density at radius 1 is 1.27 bits per heavy atom. The molecule has 8 nitrogen and oxygen atoms in total. The summed E-state index contributed by atoms with van der Waals surface area (Å²) < 4.78 is 7.70. The van der Waals surface area contributed by atoms with Crippen molar-refractivity contribution in [3.63, 3.8) is 0 Å². The Hall–Kier alpha value is -2.32. The minimum absolute atomic E-state index is 0.0429. The van der Waals surface area contributed by atoms with Gasteiger partial charge in [0.05, 0.1) is 13.2 Å². The Bertz CT molecular complexity index is 831. The van der Waals surface area contributed by atoms with Crippen molar-refractivity contribution in [2.75, 3.05) is 26.2 Å². The predicted molar refractivity (Wildman–Crippen MR) is 113 cm³/mol. The van der Waals surface area contributed by atoms with Crippen LogP contribution in [0, 0.1) is 5.92 Å². The van der Waals surface area contributed by atoms with Crippen LogP contribution in [0.2, 0.25) is 0 Å². The predicted octanol–water partition coefficient (Wildman–Crippen LogP) is 2.12. The van der Waals surface area contributed by atoms with Crippen LogP contribution in [0.3, 0.4) is 0 Å². The molecule has 2 aliphatic rings. The number of rotatable bonds is 8. The van der Waals surface area contributed by atoms with Crippen LogP contribution in [-0.4, -0.2) is 57.3 Å². The Kier molecular flexibility index (Phi) is 7.07. The number of aromatic nitrogens is 4. The highest BCUT2D eigenvalue weighted by molar-refractivity contribution is 5.75. The monoisotopic (exact) mass is 412 g/mol. The van der Waals surface area contributed by atoms with Crippen LogP contribution in [0.4, 0.5) is 0 Å². The second-order valence-electron chi connectivity index (χ2n) is 8.49. The molecule has 1 aromatic heterocycles. The van der Waals surface area contributed by atoms with Crippen molar-refractivity contribution in [3.05, 3.63) is 41.2 Å². The number of likely N-dealkylation sites (tertiary alicyclic amines) is 1. The first kappa shape index (κ1) is 20.9. The lowest BCUT2D eigenvalue weighted by Crippen LogP contribution is -2.33. The first-order valence-corrected chi connectivity index (χ1v) is 11.1. The number of nitrogens with one attached hydrogen (secondary N) is 1. The average molecular weight is 413 g/mol. The van der Waals surface area contributed by atoms with E-state index >= 15 is 0 Å². The number of hydrogen-bond acceptors (Lipinski definition) is 6. The Balaban J connectivity index is 1.19. The highest BCUT2D eigenvalue weighted by Gasteiger charge is 2.21. The normalized spacial score (nSPS) is 20.1. The Morgan fingerprint density at radius 2 is 2.10 bits per heavy atom. The zero-order valence-corrected chi connectivity index (χ0v) is 17.8. The lowest BCUT2D eigenvalue weighted by molar-refractivity contribution is -0.122. The van der Waals surface area contributed by atoms with Gasteiger partial charge in [-0.2, -0.15) is 0 Å². The molecule has 1 amide bonds.